The number of hydrogen-bond acceptors (Lipinski definition) is 6. The van der Waals surface area contributed by atoms with E-state index in [1.54, 1.807) is 0 Å². The van der Waals surface area contributed by atoms with E-state index in [9.17, 15) is 14.4 Å². The topological polar surface area (TPSA) is 120 Å². The second-order valence-corrected chi connectivity index (χ2v) is 11.3. The first kappa shape index (κ1) is 29.1. The molecular weight excluding hydrogens is 556 g/mol. The molecule has 2 atom stereocenters. The van der Waals surface area contributed by atoms with Crippen molar-refractivity contribution in [2.75, 3.05) is 30.8 Å². The van der Waals surface area contributed by atoms with Gasteiger partial charge in [0.25, 0.3) is 0 Å². The maximum atomic E-state index is 13.1. The molecule has 44 heavy (non-hydrogen) atoms. The Kier molecular flexibility index (Phi) is 8.69. The Bertz CT molecular complexity index is 1600. The molecule has 3 aromatic carbocycles. The number of aromatic amines is 1. The number of hydrogen-bond donors (Lipinski definition) is 3. The molecule has 6 rings (SSSR count). The number of carbonyl (C=O) groups is 3. The zero-order chi connectivity index (χ0) is 30.5. The third-order valence-corrected chi connectivity index (χ3v) is 8.31. The van der Waals surface area contributed by atoms with Crippen LogP contribution in [0.4, 0.5) is 16.2 Å². The van der Waals surface area contributed by atoms with Gasteiger partial charge in [0.05, 0.1) is 17.4 Å². The number of anilines is 2. The lowest BCUT2D eigenvalue weighted by Gasteiger charge is -2.23. The molecule has 0 saturated carbocycles. The van der Waals surface area contributed by atoms with Gasteiger partial charge in [0.15, 0.2) is 0 Å². The lowest BCUT2D eigenvalue weighted by Crippen LogP contribution is -2.43. The van der Waals surface area contributed by atoms with Crippen molar-refractivity contribution in [2.24, 2.45) is 0 Å². The van der Waals surface area contributed by atoms with Crippen molar-refractivity contribution in [1.29, 1.82) is 0 Å². The van der Waals surface area contributed by atoms with E-state index < -0.39 is 12.1 Å². The number of aromatic nitrogens is 2. The number of likely N-dealkylation sites (tertiary alicyclic amines) is 2. The highest BCUT2D eigenvalue weighted by atomic mass is 16.6. The summed E-state index contributed by atoms with van der Waals surface area (Å²) in [4.78, 5) is 42.0. The van der Waals surface area contributed by atoms with Crippen molar-refractivity contribution in [3.63, 3.8) is 0 Å². The number of nitrogens with one attached hydrogen (secondary N) is 3. The van der Waals surface area contributed by atoms with Gasteiger partial charge >= 0.3 is 6.09 Å². The molecule has 226 valence electrons. The zero-order valence-corrected chi connectivity index (χ0v) is 24.7. The van der Waals surface area contributed by atoms with Crippen LogP contribution in [0.25, 0.3) is 22.5 Å². The van der Waals surface area contributed by atoms with Crippen LogP contribution in [0.3, 0.4) is 0 Å². The zero-order valence-electron chi connectivity index (χ0n) is 24.7. The molecule has 10 heteroatoms. The summed E-state index contributed by atoms with van der Waals surface area (Å²) in [5.41, 5.74) is 5.77. The summed E-state index contributed by atoms with van der Waals surface area (Å²) in [7, 11) is 1.98. The molecule has 3 heterocycles. The molecule has 2 saturated heterocycles. The fourth-order valence-corrected chi connectivity index (χ4v) is 5.83. The molecule has 1 aromatic heterocycles. The summed E-state index contributed by atoms with van der Waals surface area (Å²) < 4.78 is 5.46. The van der Waals surface area contributed by atoms with Gasteiger partial charge in [-0.05, 0) is 80.7 Å². The van der Waals surface area contributed by atoms with Gasteiger partial charge in [-0.2, -0.15) is 5.10 Å². The van der Waals surface area contributed by atoms with Crippen molar-refractivity contribution >= 4 is 29.3 Å². The van der Waals surface area contributed by atoms with Crippen LogP contribution in [0, 0.1) is 0 Å². The van der Waals surface area contributed by atoms with Crippen molar-refractivity contribution in [1.82, 2.24) is 20.0 Å². The van der Waals surface area contributed by atoms with Crippen molar-refractivity contribution in [2.45, 2.75) is 44.4 Å². The summed E-state index contributed by atoms with van der Waals surface area (Å²) >= 11 is 0. The summed E-state index contributed by atoms with van der Waals surface area (Å²) in [6.45, 7) is 1.61. The minimum Gasteiger partial charge on any atom is -0.445 e. The number of benzene rings is 3. The number of likely N-dealkylation sites (N-methyl/N-ethyl adjacent to an activating group) is 1. The molecule has 4 aromatic rings. The quantitative estimate of drug-likeness (QED) is 0.248. The highest BCUT2D eigenvalue weighted by Gasteiger charge is 2.35. The normalized spacial score (nSPS) is 18.2. The summed E-state index contributed by atoms with van der Waals surface area (Å²) in [5.74, 6) is -0.202. The Hall–Kier alpha value is -4.96. The number of ether oxygens (including phenoxy) is 1. The van der Waals surface area contributed by atoms with Gasteiger partial charge in [-0.1, -0.05) is 54.6 Å². The number of rotatable bonds is 8. The van der Waals surface area contributed by atoms with E-state index in [0.29, 0.717) is 18.7 Å². The minimum atomic E-state index is -0.572. The lowest BCUT2D eigenvalue weighted by molar-refractivity contribution is -0.120. The largest absolute Gasteiger partial charge is 0.445 e. The van der Waals surface area contributed by atoms with E-state index in [-0.39, 0.29) is 24.5 Å². The molecule has 0 aliphatic carbocycles. The molecule has 10 nitrogen and oxygen atoms in total. The molecule has 0 radical (unpaired) electrons. The number of H-pyrrole nitrogens is 1. The summed E-state index contributed by atoms with van der Waals surface area (Å²) in [6.07, 6.45) is 2.78. The molecule has 2 aliphatic heterocycles. The Morgan fingerprint density at radius 1 is 0.818 bits per heavy atom. The third kappa shape index (κ3) is 6.65. The molecule has 0 unspecified atom stereocenters. The van der Waals surface area contributed by atoms with Gasteiger partial charge in [-0.3, -0.25) is 24.5 Å². The van der Waals surface area contributed by atoms with Gasteiger partial charge in [-0.25, -0.2) is 4.79 Å². The molecular formula is C34H36N6O4. The van der Waals surface area contributed by atoms with Crippen LogP contribution in [-0.2, 0) is 20.9 Å². The number of amides is 3. The van der Waals surface area contributed by atoms with Crippen molar-refractivity contribution in [3.8, 4) is 22.5 Å². The van der Waals surface area contributed by atoms with E-state index in [1.807, 2.05) is 92.0 Å². The van der Waals surface area contributed by atoms with Crippen molar-refractivity contribution in [3.05, 3.63) is 90.5 Å². The Labute approximate surface area is 256 Å². The Morgan fingerprint density at radius 3 is 2.09 bits per heavy atom. The predicted octanol–water partition coefficient (Wildman–Crippen LogP) is 5.52. The lowest BCUT2D eigenvalue weighted by atomic mass is 10.1. The van der Waals surface area contributed by atoms with Gasteiger partial charge in [0.1, 0.15) is 12.6 Å². The van der Waals surface area contributed by atoms with Gasteiger partial charge in [0, 0.05) is 23.5 Å². The van der Waals surface area contributed by atoms with E-state index in [0.717, 1.165) is 59.6 Å². The average Bonchev–Trinajstić information content (AvgIpc) is 3.83. The standard InChI is InChI=1S/C34H36N6O4/c1-39-19-5-9-30(39)32(41)35-26-15-11-24(12-16-26)28-21-29(38-37-28)25-13-17-27(18-14-25)36-33(42)31-10-6-20-40(31)34(43)44-22-23-7-3-2-4-8-23/h2-4,7-8,11-18,21,30-31H,5-6,9-10,19-20,22H2,1H3,(H,35,41)(H,36,42)(H,37,38)/t30-,31-/m0/s1. The molecule has 3 amide bonds. The van der Waals surface area contributed by atoms with Gasteiger partial charge in [0.2, 0.25) is 11.8 Å². The first-order valence-corrected chi connectivity index (χ1v) is 15.0. The second-order valence-electron chi connectivity index (χ2n) is 11.3. The number of carbonyl (C=O) groups excluding carboxylic acids is 3. The maximum absolute atomic E-state index is 13.1. The van der Waals surface area contributed by atoms with Crippen LogP contribution in [0.5, 0.6) is 0 Å². The summed E-state index contributed by atoms with van der Waals surface area (Å²) in [5, 5.41) is 13.5. The molecule has 0 spiro atoms. The van der Waals surface area contributed by atoms with E-state index in [1.165, 1.54) is 4.90 Å². The van der Waals surface area contributed by atoms with E-state index in [4.69, 9.17) is 4.74 Å². The van der Waals surface area contributed by atoms with Crippen LogP contribution in [-0.4, -0.2) is 70.1 Å². The van der Waals surface area contributed by atoms with Crippen LogP contribution >= 0.6 is 0 Å². The first-order chi connectivity index (χ1) is 21.4. The Balaban J connectivity index is 1.03. The van der Waals surface area contributed by atoms with Crippen LogP contribution in [0.15, 0.2) is 84.9 Å². The fourth-order valence-electron chi connectivity index (χ4n) is 5.83. The van der Waals surface area contributed by atoms with Crippen LogP contribution < -0.4 is 10.6 Å². The molecule has 2 aliphatic rings. The fraction of sp³-hybridized carbons (Fsp3) is 0.294. The smallest absolute Gasteiger partial charge is 0.410 e. The molecule has 0 bridgehead atoms. The Morgan fingerprint density at radius 2 is 1.43 bits per heavy atom. The summed E-state index contributed by atoms with van der Waals surface area (Å²) in [6, 6.07) is 25.9. The SMILES string of the molecule is CN1CCC[C@H]1C(=O)Nc1ccc(-c2cc(-c3ccc(NC(=O)[C@@H]4CCCN4C(=O)OCc4ccccc4)cc3)[nH]n2)cc1. The second kappa shape index (κ2) is 13.1. The third-order valence-electron chi connectivity index (χ3n) is 8.31. The van der Waals surface area contributed by atoms with E-state index >= 15 is 0 Å². The van der Waals surface area contributed by atoms with Gasteiger partial charge in [-0.15, -0.1) is 0 Å². The number of nitrogens with zero attached hydrogens (tertiary/aromatic N) is 3. The van der Waals surface area contributed by atoms with Crippen LogP contribution in [0.1, 0.15) is 31.2 Å². The highest BCUT2D eigenvalue weighted by Crippen LogP contribution is 2.27. The van der Waals surface area contributed by atoms with Crippen LogP contribution in [0.2, 0.25) is 0 Å². The molecule has 3 N–H and O–H groups in total. The predicted molar refractivity (Wildman–Crippen MR) is 169 cm³/mol. The minimum absolute atomic E-state index is 0.0290. The van der Waals surface area contributed by atoms with E-state index in [2.05, 4.69) is 25.7 Å². The average molecular weight is 593 g/mol. The van der Waals surface area contributed by atoms with Crippen molar-refractivity contribution < 1.29 is 19.1 Å². The maximum Gasteiger partial charge on any atom is 0.410 e. The van der Waals surface area contributed by atoms with Gasteiger partial charge < -0.3 is 15.4 Å². The molecule has 2 fully saturated rings. The highest BCUT2D eigenvalue weighted by molar-refractivity contribution is 5.97. The first-order valence-electron chi connectivity index (χ1n) is 15.0. The monoisotopic (exact) mass is 592 g/mol.